The van der Waals surface area contributed by atoms with Crippen LogP contribution in [0.4, 0.5) is 0 Å². The van der Waals surface area contributed by atoms with Crippen molar-refractivity contribution in [2.24, 2.45) is 5.92 Å². The number of benzene rings is 1. The Morgan fingerprint density at radius 1 is 1.13 bits per heavy atom. The maximum Gasteiger partial charge on any atom is 0.336 e. The summed E-state index contributed by atoms with van der Waals surface area (Å²) in [5.74, 6) is -1.65. The van der Waals surface area contributed by atoms with Gasteiger partial charge in [0, 0.05) is 17.0 Å². The molecule has 30 heavy (non-hydrogen) atoms. The highest BCUT2D eigenvalue weighted by atomic mass is 35.5. The maximum atomic E-state index is 12.8. The Kier molecular flexibility index (Phi) is 6.67. The van der Waals surface area contributed by atoms with Gasteiger partial charge >= 0.3 is 11.9 Å². The molecule has 2 atom stereocenters. The van der Waals surface area contributed by atoms with E-state index in [0.29, 0.717) is 39.1 Å². The first kappa shape index (κ1) is 21.7. The number of hydrogen-bond acceptors (Lipinski definition) is 6. The van der Waals surface area contributed by atoms with Gasteiger partial charge in [0.25, 0.3) is 0 Å². The van der Waals surface area contributed by atoms with Crippen LogP contribution < -0.4 is 5.32 Å². The van der Waals surface area contributed by atoms with E-state index < -0.39 is 23.8 Å². The second-order valence-electron chi connectivity index (χ2n) is 6.80. The molecule has 1 aromatic carbocycles. The van der Waals surface area contributed by atoms with Crippen molar-refractivity contribution in [3.63, 3.8) is 0 Å². The molecule has 0 radical (unpaired) electrons. The molecule has 2 aromatic rings. The Bertz CT molecular complexity index is 1010. The number of ether oxygens (including phenoxy) is 2. The second-order valence-corrected chi connectivity index (χ2v) is 7.21. The van der Waals surface area contributed by atoms with Crippen molar-refractivity contribution < 1.29 is 23.5 Å². The molecular formula is C23H24ClNO5. The molecule has 0 fully saturated rings. The summed E-state index contributed by atoms with van der Waals surface area (Å²) >= 11 is 6.30. The van der Waals surface area contributed by atoms with Crippen molar-refractivity contribution in [3.8, 4) is 11.3 Å². The Balaban J connectivity index is 2.13. The van der Waals surface area contributed by atoms with Crippen LogP contribution in [0.5, 0.6) is 0 Å². The van der Waals surface area contributed by atoms with Crippen LogP contribution in [0.3, 0.4) is 0 Å². The minimum atomic E-state index is -0.849. The quantitative estimate of drug-likeness (QED) is 0.663. The van der Waals surface area contributed by atoms with E-state index in [2.05, 4.69) is 11.9 Å². The van der Waals surface area contributed by atoms with E-state index in [1.165, 1.54) is 0 Å². The summed E-state index contributed by atoms with van der Waals surface area (Å²) in [5, 5.41) is 3.56. The number of esters is 2. The SMILES string of the molecule is C=C1NC(C)=C(C(=O)OCC)C(c2ccc(-c3ccccc3Cl)o2)C1C(=O)OCC. The molecule has 158 valence electrons. The topological polar surface area (TPSA) is 77.8 Å². The van der Waals surface area contributed by atoms with E-state index in [4.69, 9.17) is 25.5 Å². The summed E-state index contributed by atoms with van der Waals surface area (Å²) in [7, 11) is 0. The Morgan fingerprint density at radius 2 is 1.83 bits per heavy atom. The number of furan rings is 1. The summed E-state index contributed by atoms with van der Waals surface area (Å²) in [4.78, 5) is 25.6. The van der Waals surface area contributed by atoms with Crippen LogP contribution in [-0.2, 0) is 19.1 Å². The maximum absolute atomic E-state index is 12.8. The summed E-state index contributed by atoms with van der Waals surface area (Å²) in [6.45, 7) is 9.58. The van der Waals surface area contributed by atoms with Gasteiger partial charge in [-0.2, -0.15) is 0 Å². The number of carbonyl (C=O) groups is 2. The van der Waals surface area contributed by atoms with Crippen molar-refractivity contribution >= 4 is 23.5 Å². The third-order valence-corrected chi connectivity index (χ3v) is 5.21. The van der Waals surface area contributed by atoms with Crippen molar-refractivity contribution in [1.82, 2.24) is 5.32 Å². The molecule has 2 heterocycles. The lowest BCUT2D eigenvalue weighted by molar-refractivity contribution is -0.148. The first-order valence-electron chi connectivity index (χ1n) is 9.73. The predicted molar refractivity (Wildman–Crippen MR) is 114 cm³/mol. The number of allylic oxidation sites excluding steroid dienone is 1. The smallest absolute Gasteiger partial charge is 0.336 e. The van der Waals surface area contributed by atoms with E-state index in [1.54, 1.807) is 39.0 Å². The van der Waals surface area contributed by atoms with E-state index in [9.17, 15) is 9.59 Å². The monoisotopic (exact) mass is 429 g/mol. The fraction of sp³-hybridized carbons (Fsp3) is 0.304. The van der Waals surface area contributed by atoms with Crippen LogP contribution in [0.15, 0.2) is 64.4 Å². The first-order chi connectivity index (χ1) is 14.4. The van der Waals surface area contributed by atoms with E-state index >= 15 is 0 Å². The molecule has 1 aromatic heterocycles. The van der Waals surface area contributed by atoms with Crippen LogP contribution >= 0.6 is 11.6 Å². The molecule has 0 saturated carbocycles. The van der Waals surface area contributed by atoms with Gasteiger partial charge in [0.15, 0.2) is 0 Å². The highest BCUT2D eigenvalue weighted by molar-refractivity contribution is 6.33. The molecule has 1 aliphatic rings. The summed E-state index contributed by atoms with van der Waals surface area (Å²) < 4.78 is 16.6. The van der Waals surface area contributed by atoms with Gasteiger partial charge in [-0.05, 0) is 45.0 Å². The highest BCUT2D eigenvalue weighted by Crippen LogP contribution is 2.43. The lowest BCUT2D eigenvalue weighted by Gasteiger charge is -2.33. The van der Waals surface area contributed by atoms with Crippen molar-refractivity contribution in [1.29, 1.82) is 0 Å². The third-order valence-electron chi connectivity index (χ3n) is 4.88. The van der Waals surface area contributed by atoms with Crippen LogP contribution in [0.1, 0.15) is 32.4 Å². The van der Waals surface area contributed by atoms with Gasteiger partial charge in [-0.15, -0.1) is 0 Å². The van der Waals surface area contributed by atoms with Crippen LogP contribution in [0, 0.1) is 5.92 Å². The molecule has 2 unspecified atom stereocenters. The fourth-order valence-corrected chi connectivity index (χ4v) is 3.85. The molecule has 1 N–H and O–H groups in total. The van der Waals surface area contributed by atoms with E-state index in [1.807, 2.05) is 18.2 Å². The number of carbonyl (C=O) groups excluding carboxylic acids is 2. The van der Waals surface area contributed by atoms with Crippen LogP contribution in [0.2, 0.25) is 5.02 Å². The largest absolute Gasteiger partial charge is 0.465 e. The summed E-state index contributed by atoms with van der Waals surface area (Å²) in [6, 6.07) is 10.8. The van der Waals surface area contributed by atoms with Gasteiger partial charge < -0.3 is 19.2 Å². The van der Waals surface area contributed by atoms with Crippen molar-refractivity contribution in [3.05, 3.63) is 70.7 Å². The zero-order chi connectivity index (χ0) is 21.8. The standard InChI is InChI=1S/C23H24ClNO5/c1-5-28-22(26)19-13(3)25-14(4)20(23(27)29-6-2)21(19)18-12-11-17(30-18)15-9-7-8-10-16(15)24/h7-12,19,21,25H,3,5-6H2,1-2,4H3. The molecule has 0 bridgehead atoms. The molecular weight excluding hydrogens is 406 g/mol. The van der Waals surface area contributed by atoms with Crippen molar-refractivity contribution in [2.75, 3.05) is 13.2 Å². The minimum absolute atomic E-state index is 0.204. The second kappa shape index (κ2) is 9.22. The molecule has 6 nitrogen and oxygen atoms in total. The van der Waals surface area contributed by atoms with E-state index in [-0.39, 0.29) is 13.2 Å². The van der Waals surface area contributed by atoms with Crippen LogP contribution in [0.25, 0.3) is 11.3 Å². The van der Waals surface area contributed by atoms with Gasteiger partial charge in [-0.3, -0.25) is 4.79 Å². The third kappa shape index (κ3) is 4.14. The number of nitrogens with one attached hydrogen (secondary N) is 1. The van der Waals surface area contributed by atoms with Gasteiger partial charge in [0.2, 0.25) is 0 Å². The van der Waals surface area contributed by atoms with Gasteiger partial charge in [-0.25, -0.2) is 4.79 Å². The average molecular weight is 430 g/mol. The molecule has 0 amide bonds. The number of rotatable bonds is 6. The minimum Gasteiger partial charge on any atom is -0.465 e. The van der Waals surface area contributed by atoms with Gasteiger partial charge in [-0.1, -0.05) is 30.3 Å². The van der Waals surface area contributed by atoms with E-state index in [0.717, 1.165) is 0 Å². The first-order valence-corrected chi connectivity index (χ1v) is 10.1. The molecule has 0 spiro atoms. The molecule has 7 heteroatoms. The van der Waals surface area contributed by atoms with Crippen LogP contribution in [-0.4, -0.2) is 25.2 Å². The van der Waals surface area contributed by atoms with Gasteiger partial charge in [0.05, 0.1) is 29.7 Å². The number of halogens is 1. The lowest BCUT2D eigenvalue weighted by Crippen LogP contribution is -2.39. The molecule has 3 rings (SSSR count). The summed E-state index contributed by atoms with van der Waals surface area (Å²) in [6.07, 6.45) is 0. The average Bonchev–Trinajstić information content (AvgIpc) is 3.17. The van der Waals surface area contributed by atoms with Crippen molar-refractivity contribution in [2.45, 2.75) is 26.7 Å². The molecule has 0 saturated heterocycles. The molecule has 1 aliphatic heterocycles. The zero-order valence-corrected chi connectivity index (χ0v) is 17.9. The zero-order valence-electron chi connectivity index (χ0n) is 17.2. The Hall–Kier alpha value is -2.99. The highest BCUT2D eigenvalue weighted by Gasteiger charge is 2.44. The Labute approximate surface area is 180 Å². The Morgan fingerprint density at radius 3 is 2.50 bits per heavy atom. The fourth-order valence-electron chi connectivity index (χ4n) is 3.62. The summed E-state index contributed by atoms with van der Waals surface area (Å²) in [5.41, 5.74) is 2.01. The number of hydrogen-bond donors (Lipinski definition) is 1. The normalized spacial score (nSPS) is 18.7. The lowest BCUT2D eigenvalue weighted by atomic mass is 9.78. The molecule has 0 aliphatic carbocycles. The predicted octanol–water partition coefficient (Wildman–Crippen LogP) is 4.82. The van der Waals surface area contributed by atoms with Gasteiger partial charge in [0.1, 0.15) is 17.4 Å².